The summed E-state index contributed by atoms with van der Waals surface area (Å²) in [6.07, 6.45) is 0. The van der Waals surface area contributed by atoms with Gasteiger partial charge in [-0.3, -0.25) is 0 Å². The second kappa shape index (κ2) is 5.80. The molecule has 0 aromatic heterocycles. The third-order valence-corrected chi connectivity index (χ3v) is 6.29. The maximum atomic E-state index is 12.6. The number of sulfonamides is 1. The number of ether oxygens (including phenoxy) is 1. The molecule has 1 aromatic rings. The molecule has 1 aromatic carbocycles. The van der Waals surface area contributed by atoms with Crippen molar-refractivity contribution in [1.82, 2.24) is 4.31 Å². The van der Waals surface area contributed by atoms with Crippen molar-refractivity contribution in [2.24, 2.45) is 0 Å². The number of carboxylic acids is 1. The van der Waals surface area contributed by atoms with Crippen molar-refractivity contribution < 1.29 is 23.1 Å². The van der Waals surface area contributed by atoms with Gasteiger partial charge in [-0.05, 0) is 40.5 Å². The van der Waals surface area contributed by atoms with Crippen molar-refractivity contribution in [1.29, 1.82) is 0 Å². The number of rotatable bonds is 3. The quantitative estimate of drug-likeness (QED) is 0.878. The van der Waals surface area contributed by atoms with Crippen LogP contribution in [-0.2, 0) is 14.8 Å². The Morgan fingerprint density at radius 2 is 1.95 bits per heavy atom. The Hall–Kier alpha value is -0.960. The first-order valence-electron chi connectivity index (χ1n) is 5.95. The molecule has 0 amide bonds. The van der Waals surface area contributed by atoms with Crippen LogP contribution in [0.15, 0.2) is 21.5 Å². The highest BCUT2D eigenvalue weighted by Gasteiger charge is 2.29. The van der Waals surface area contributed by atoms with Gasteiger partial charge in [-0.25, -0.2) is 13.2 Å². The number of halogens is 1. The Bertz CT molecular complexity index is 637. The van der Waals surface area contributed by atoms with Gasteiger partial charge in [0.2, 0.25) is 10.0 Å². The summed E-state index contributed by atoms with van der Waals surface area (Å²) in [6.45, 7) is 2.88. The SMILES string of the molecule is Cc1cc(C(=O)O)cc(S(=O)(=O)N2CCOCC2)c1Br. The predicted molar refractivity (Wildman–Crippen MR) is 75.4 cm³/mol. The Morgan fingerprint density at radius 1 is 1.35 bits per heavy atom. The lowest BCUT2D eigenvalue weighted by Gasteiger charge is -2.26. The molecule has 8 heteroatoms. The van der Waals surface area contributed by atoms with E-state index in [0.717, 1.165) is 0 Å². The van der Waals surface area contributed by atoms with Gasteiger partial charge < -0.3 is 9.84 Å². The first kappa shape index (κ1) is 15.4. The number of hydrogen-bond donors (Lipinski definition) is 1. The molecular formula is C12H14BrNO5S. The second-order valence-corrected chi connectivity index (χ2v) is 7.13. The summed E-state index contributed by atoms with van der Waals surface area (Å²) in [7, 11) is -3.73. The lowest BCUT2D eigenvalue weighted by molar-refractivity contribution is 0.0695. The fraction of sp³-hybridized carbons (Fsp3) is 0.417. The van der Waals surface area contributed by atoms with E-state index in [9.17, 15) is 13.2 Å². The number of nitrogens with zero attached hydrogens (tertiary/aromatic N) is 1. The zero-order chi connectivity index (χ0) is 14.9. The van der Waals surface area contributed by atoms with E-state index < -0.39 is 16.0 Å². The summed E-state index contributed by atoms with van der Waals surface area (Å²) in [6, 6.07) is 2.62. The summed E-state index contributed by atoms with van der Waals surface area (Å²) < 4.78 is 32.0. The monoisotopic (exact) mass is 363 g/mol. The van der Waals surface area contributed by atoms with Crippen LogP contribution in [0.2, 0.25) is 0 Å². The van der Waals surface area contributed by atoms with Gasteiger partial charge in [-0.2, -0.15) is 4.31 Å². The number of hydrogen-bond acceptors (Lipinski definition) is 4. The van der Waals surface area contributed by atoms with Gasteiger partial charge in [0, 0.05) is 17.6 Å². The minimum absolute atomic E-state index is 0.0169. The molecule has 0 saturated carbocycles. The Morgan fingerprint density at radius 3 is 2.50 bits per heavy atom. The van der Waals surface area contributed by atoms with Crippen molar-refractivity contribution in [2.75, 3.05) is 26.3 Å². The largest absolute Gasteiger partial charge is 0.478 e. The van der Waals surface area contributed by atoms with Crippen LogP contribution in [-0.4, -0.2) is 50.1 Å². The average Bonchev–Trinajstić information content (AvgIpc) is 2.42. The summed E-state index contributed by atoms with van der Waals surface area (Å²) in [4.78, 5) is 11.1. The highest BCUT2D eigenvalue weighted by molar-refractivity contribution is 9.10. The third kappa shape index (κ3) is 2.88. The highest BCUT2D eigenvalue weighted by atomic mass is 79.9. The fourth-order valence-electron chi connectivity index (χ4n) is 1.97. The van der Waals surface area contributed by atoms with Gasteiger partial charge in [-0.15, -0.1) is 0 Å². The number of morpholine rings is 1. The average molecular weight is 364 g/mol. The van der Waals surface area contributed by atoms with E-state index in [1.165, 1.54) is 16.4 Å². The van der Waals surface area contributed by atoms with Crippen molar-refractivity contribution in [3.8, 4) is 0 Å². The first-order valence-corrected chi connectivity index (χ1v) is 8.18. The molecule has 2 rings (SSSR count). The van der Waals surface area contributed by atoms with E-state index >= 15 is 0 Å². The van der Waals surface area contributed by atoms with Crippen LogP contribution in [0, 0.1) is 6.92 Å². The van der Waals surface area contributed by atoms with Crippen molar-refractivity contribution in [2.45, 2.75) is 11.8 Å². The molecule has 0 unspecified atom stereocenters. The molecule has 0 aliphatic carbocycles. The van der Waals surface area contributed by atoms with Crippen LogP contribution in [0.3, 0.4) is 0 Å². The van der Waals surface area contributed by atoms with Gasteiger partial charge in [0.05, 0.1) is 23.7 Å². The normalized spacial score (nSPS) is 17.1. The van der Waals surface area contributed by atoms with E-state index in [-0.39, 0.29) is 23.5 Å². The smallest absolute Gasteiger partial charge is 0.335 e. The minimum atomic E-state index is -3.73. The zero-order valence-electron chi connectivity index (χ0n) is 10.8. The maximum absolute atomic E-state index is 12.6. The maximum Gasteiger partial charge on any atom is 0.335 e. The Labute approximate surface area is 125 Å². The molecule has 0 radical (unpaired) electrons. The molecule has 0 bridgehead atoms. The minimum Gasteiger partial charge on any atom is -0.478 e. The molecule has 1 aliphatic rings. The fourth-order valence-corrected chi connectivity index (χ4v) is 4.39. The molecule has 6 nitrogen and oxygen atoms in total. The van der Waals surface area contributed by atoms with E-state index in [2.05, 4.69) is 15.9 Å². The molecule has 0 atom stereocenters. The van der Waals surface area contributed by atoms with Gasteiger partial charge in [0.25, 0.3) is 0 Å². The molecule has 1 fully saturated rings. The molecule has 1 heterocycles. The number of carboxylic acid groups (broad SMARTS) is 1. The molecule has 20 heavy (non-hydrogen) atoms. The predicted octanol–water partition coefficient (Wildman–Crippen LogP) is 1.48. The van der Waals surface area contributed by atoms with E-state index in [4.69, 9.17) is 9.84 Å². The topological polar surface area (TPSA) is 83.9 Å². The number of aryl methyl sites for hydroxylation is 1. The van der Waals surface area contributed by atoms with Gasteiger partial charge >= 0.3 is 5.97 Å². The van der Waals surface area contributed by atoms with Crippen LogP contribution in [0.4, 0.5) is 0 Å². The molecule has 110 valence electrons. The summed E-state index contributed by atoms with van der Waals surface area (Å²) in [5, 5.41) is 9.06. The van der Waals surface area contributed by atoms with Gasteiger partial charge in [0.15, 0.2) is 0 Å². The lowest BCUT2D eigenvalue weighted by atomic mass is 10.1. The number of benzene rings is 1. The third-order valence-electron chi connectivity index (χ3n) is 3.06. The zero-order valence-corrected chi connectivity index (χ0v) is 13.2. The van der Waals surface area contributed by atoms with Crippen LogP contribution in [0.5, 0.6) is 0 Å². The lowest BCUT2D eigenvalue weighted by Crippen LogP contribution is -2.40. The van der Waals surface area contributed by atoms with Gasteiger partial charge in [-0.1, -0.05) is 0 Å². The van der Waals surface area contributed by atoms with Gasteiger partial charge in [0.1, 0.15) is 0 Å². The Kier molecular flexibility index (Phi) is 4.48. The molecule has 0 spiro atoms. The summed E-state index contributed by atoms with van der Waals surface area (Å²) in [5.74, 6) is -1.15. The van der Waals surface area contributed by atoms with E-state index in [0.29, 0.717) is 23.2 Å². The van der Waals surface area contributed by atoms with E-state index in [1.807, 2.05) is 0 Å². The summed E-state index contributed by atoms with van der Waals surface area (Å²) >= 11 is 3.24. The van der Waals surface area contributed by atoms with Crippen LogP contribution < -0.4 is 0 Å². The van der Waals surface area contributed by atoms with E-state index in [1.54, 1.807) is 6.92 Å². The summed E-state index contributed by atoms with van der Waals surface area (Å²) in [5.41, 5.74) is 0.522. The second-order valence-electron chi connectivity index (χ2n) is 4.43. The molecular weight excluding hydrogens is 350 g/mol. The van der Waals surface area contributed by atoms with Crippen LogP contribution in [0.1, 0.15) is 15.9 Å². The number of aromatic carboxylic acids is 1. The van der Waals surface area contributed by atoms with Crippen LogP contribution in [0.25, 0.3) is 0 Å². The highest BCUT2D eigenvalue weighted by Crippen LogP contribution is 2.30. The van der Waals surface area contributed by atoms with Crippen molar-refractivity contribution in [3.63, 3.8) is 0 Å². The van der Waals surface area contributed by atoms with Crippen LogP contribution >= 0.6 is 15.9 Å². The van der Waals surface area contributed by atoms with Crippen molar-refractivity contribution >= 4 is 31.9 Å². The van der Waals surface area contributed by atoms with Crippen molar-refractivity contribution in [3.05, 3.63) is 27.7 Å². The molecule has 1 saturated heterocycles. The first-order chi connectivity index (χ1) is 9.34. The molecule has 1 aliphatic heterocycles. The standard InChI is InChI=1S/C12H14BrNO5S/c1-8-6-9(12(15)16)7-10(11(8)13)20(17,18)14-2-4-19-5-3-14/h6-7H,2-5H2,1H3,(H,15,16). The molecule has 1 N–H and O–H groups in total. The Balaban J connectivity index is 2.52. The number of carbonyl (C=O) groups is 1.